The first-order valence-electron chi connectivity index (χ1n) is 6.37. The second kappa shape index (κ2) is 6.50. The van der Waals surface area contributed by atoms with Gasteiger partial charge in [0, 0.05) is 18.9 Å². The van der Waals surface area contributed by atoms with E-state index in [9.17, 15) is 9.18 Å². The Kier molecular flexibility index (Phi) is 4.70. The van der Waals surface area contributed by atoms with Crippen molar-refractivity contribution in [2.45, 2.75) is 19.3 Å². The topological polar surface area (TPSA) is 38.3 Å². The Balaban J connectivity index is 1.71. The zero-order valence-corrected chi connectivity index (χ0v) is 10.3. The molecule has 0 saturated carbocycles. The molecule has 1 aromatic rings. The van der Waals surface area contributed by atoms with Crippen LogP contribution in [-0.4, -0.2) is 25.5 Å². The van der Waals surface area contributed by atoms with Crippen molar-refractivity contribution in [3.05, 3.63) is 30.1 Å². The minimum Gasteiger partial charge on any atom is -0.493 e. The van der Waals surface area contributed by atoms with Crippen LogP contribution in [0, 0.1) is 11.7 Å². The van der Waals surface area contributed by atoms with Gasteiger partial charge in [-0.05, 0) is 43.7 Å². The summed E-state index contributed by atoms with van der Waals surface area (Å²) in [4.78, 5) is 11.9. The summed E-state index contributed by atoms with van der Waals surface area (Å²) in [5.41, 5.74) is 0. The molecule has 1 unspecified atom stereocenters. The standard InChI is InChI=1S/C14H18FNO2/c15-12-3-5-13(6-4-12)18-9-7-14(17)11-2-1-8-16-10-11/h3-6,11,16H,1-2,7-10H2. The molecule has 2 rings (SSSR count). The highest BCUT2D eigenvalue weighted by molar-refractivity contribution is 5.81. The monoisotopic (exact) mass is 251 g/mol. The fourth-order valence-corrected chi connectivity index (χ4v) is 2.13. The number of piperidine rings is 1. The number of rotatable bonds is 5. The summed E-state index contributed by atoms with van der Waals surface area (Å²) < 4.78 is 18.1. The van der Waals surface area contributed by atoms with E-state index in [4.69, 9.17) is 4.74 Å². The molecular weight excluding hydrogens is 233 g/mol. The number of hydrogen-bond acceptors (Lipinski definition) is 3. The lowest BCUT2D eigenvalue weighted by Crippen LogP contribution is -2.34. The van der Waals surface area contributed by atoms with E-state index < -0.39 is 0 Å². The Morgan fingerprint density at radius 1 is 1.39 bits per heavy atom. The molecule has 0 amide bonds. The minimum absolute atomic E-state index is 0.135. The normalized spacial score (nSPS) is 19.5. The number of Topliss-reactive ketones (excluding diaryl/α,β-unsaturated/α-hetero) is 1. The first-order valence-corrected chi connectivity index (χ1v) is 6.37. The molecule has 1 fully saturated rings. The van der Waals surface area contributed by atoms with Crippen LogP contribution >= 0.6 is 0 Å². The SMILES string of the molecule is O=C(CCOc1ccc(F)cc1)C1CCCNC1. The molecule has 4 heteroatoms. The first-order chi connectivity index (χ1) is 8.75. The predicted molar refractivity (Wildman–Crippen MR) is 67.1 cm³/mol. The third-order valence-electron chi connectivity index (χ3n) is 3.18. The Bertz CT molecular complexity index is 385. The fraction of sp³-hybridized carbons (Fsp3) is 0.500. The highest BCUT2D eigenvalue weighted by atomic mass is 19.1. The summed E-state index contributed by atoms with van der Waals surface area (Å²) in [6.45, 7) is 2.16. The molecule has 1 aromatic carbocycles. The van der Waals surface area contributed by atoms with Crippen molar-refractivity contribution in [2.75, 3.05) is 19.7 Å². The van der Waals surface area contributed by atoms with Gasteiger partial charge in [0.1, 0.15) is 17.3 Å². The van der Waals surface area contributed by atoms with Gasteiger partial charge in [-0.1, -0.05) is 0 Å². The first kappa shape index (κ1) is 13.0. The van der Waals surface area contributed by atoms with E-state index >= 15 is 0 Å². The van der Waals surface area contributed by atoms with Gasteiger partial charge in [-0.25, -0.2) is 4.39 Å². The van der Waals surface area contributed by atoms with E-state index in [-0.39, 0.29) is 17.5 Å². The van der Waals surface area contributed by atoms with Crippen molar-refractivity contribution in [3.8, 4) is 5.75 Å². The summed E-state index contributed by atoms with van der Waals surface area (Å²) in [7, 11) is 0. The molecular formula is C14H18FNO2. The van der Waals surface area contributed by atoms with E-state index in [1.165, 1.54) is 12.1 Å². The highest BCUT2D eigenvalue weighted by Crippen LogP contribution is 2.14. The van der Waals surface area contributed by atoms with Crippen molar-refractivity contribution >= 4 is 5.78 Å². The molecule has 98 valence electrons. The van der Waals surface area contributed by atoms with Crippen molar-refractivity contribution in [1.82, 2.24) is 5.32 Å². The van der Waals surface area contributed by atoms with Crippen LogP contribution in [0.2, 0.25) is 0 Å². The van der Waals surface area contributed by atoms with Gasteiger partial charge in [-0.2, -0.15) is 0 Å². The molecule has 0 spiro atoms. The van der Waals surface area contributed by atoms with Gasteiger partial charge in [-0.15, -0.1) is 0 Å². The number of carbonyl (C=O) groups excluding carboxylic acids is 1. The van der Waals surface area contributed by atoms with Gasteiger partial charge in [0.05, 0.1) is 6.61 Å². The number of ether oxygens (including phenoxy) is 1. The molecule has 1 N–H and O–H groups in total. The molecule has 1 aliphatic rings. The summed E-state index contributed by atoms with van der Waals surface area (Å²) in [6, 6.07) is 5.84. The van der Waals surface area contributed by atoms with Crippen LogP contribution in [0.5, 0.6) is 5.75 Å². The van der Waals surface area contributed by atoms with E-state index in [0.717, 1.165) is 25.9 Å². The number of ketones is 1. The lowest BCUT2D eigenvalue weighted by atomic mass is 9.94. The average Bonchev–Trinajstić information content (AvgIpc) is 2.42. The number of hydrogen-bond donors (Lipinski definition) is 1. The quantitative estimate of drug-likeness (QED) is 0.871. The predicted octanol–water partition coefficient (Wildman–Crippen LogP) is 2.16. The van der Waals surface area contributed by atoms with Crippen LogP contribution in [0.1, 0.15) is 19.3 Å². The Hall–Kier alpha value is -1.42. The van der Waals surface area contributed by atoms with Crippen molar-refractivity contribution in [2.24, 2.45) is 5.92 Å². The van der Waals surface area contributed by atoms with Crippen LogP contribution in [-0.2, 0) is 4.79 Å². The zero-order valence-electron chi connectivity index (χ0n) is 10.3. The lowest BCUT2D eigenvalue weighted by Gasteiger charge is -2.21. The van der Waals surface area contributed by atoms with E-state index in [1.54, 1.807) is 12.1 Å². The largest absolute Gasteiger partial charge is 0.493 e. The maximum Gasteiger partial charge on any atom is 0.140 e. The van der Waals surface area contributed by atoms with Gasteiger partial charge in [0.15, 0.2) is 0 Å². The van der Waals surface area contributed by atoms with Crippen LogP contribution in [0.3, 0.4) is 0 Å². The second-order valence-corrected chi connectivity index (χ2v) is 4.56. The van der Waals surface area contributed by atoms with Crippen molar-refractivity contribution in [1.29, 1.82) is 0 Å². The molecule has 1 saturated heterocycles. The molecule has 1 atom stereocenters. The van der Waals surface area contributed by atoms with Crippen molar-refractivity contribution in [3.63, 3.8) is 0 Å². The Labute approximate surface area is 106 Å². The lowest BCUT2D eigenvalue weighted by molar-refractivity contribution is -0.123. The summed E-state index contributed by atoms with van der Waals surface area (Å²) in [6.07, 6.45) is 2.46. The van der Waals surface area contributed by atoms with E-state index in [0.29, 0.717) is 18.8 Å². The van der Waals surface area contributed by atoms with Crippen LogP contribution in [0.15, 0.2) is 24.3 Å². The molecule has 0 bridgehead atoms. The van der Waals surface area contributed by atoms with Gasteiger partial charge >= 0.3 is 0 Å². The highest BCUT2D eigenvalue weighted by Gasteiger charge is 2.20. The molecule has 0 aliphatic carbocycles. The zero-order chi connectivity index (χ0) is 12.8. The fourth-order valence-electron chi connectivity index (χ4n) is 2.13. The third kappa shape index (κ3) is 3.81. The Morgan fingerprint density at radius 3 is 2.83 bits per heavy atom. The maximum absolute atomic E-state index is 12.7. The molecule has 18 heavy (non-hydrogen) atoms. The van der Waals surface area contributed by atoms with Gasteiger partial charge in [0.25, 0.3) is 0 Å². The summed E-state index contributed by atoms with van der Waals surface area (Å²) in [5, 5.41) is 3.23. The van der Waals surface area contributed by atoms with Gasteiger partial charge < -0.3 is 10.1 Å². The van der Waals surface area contributed by atoms with Crippen LogP contribution in [0.25, 0.3) is 0 Å². The maximum atomic E-state index is 12.7. The number of halogens is 1. The molecule has 0 radical (unpaired) electrons. The second-order valence-electron chi connectivity index (χ2n) is 4.56. The van der Waals surface area contributed by atoms with Crippen LogP contribution < -0.4 is 10.1 Å². The smallest absolute Gasteiger partial charge is 0.140 e. The third-order valence-corrected chi connectivity index (χ3v) is 3.18. The Morgan fingerprint density at radius 2 is 2.17 bits per heavy atom. The summed E-state index contributed by atoms with van der Waals surface area (Å²) >= 11 is 0. The number of carbonyl (C=O) groups is 1. The number of benzene rings is 1. The van der Waals surface area contributed by atoms with Gasteiger partial charge in [0.2, 0.25) is 0 Å². The van der Waals surface area contributed by atoms with E-state index in [2.05, 4.69) is 5.32 Å². The summed E-state index contributed by atoms with van der Waals surface area (Å²) in [5.74, 6) is 0.706. The molecule has 3 nitrogen and oxygen atoms in total. The van der Waals surface area contributed by atoms with E-state index in [1.807, 2.05) is 0 Å². The van der Waals surface area contributed by atoms with Crippen LogP contribution in [0.4, 0.5) is 4.39 Å². The van der Waals surface area contributed by atoms with Crippen molar-refractivity contribution < 1.29 is 13.9 Å². The molecule has 1 aliphatic heterocycles. The minimum atomic E-state index is -0.285. The average molecular weight is 251 g/mol. The molecule has 1 heterocycles. The van der Waals surface area contributed by atoms with Gasteiger partial charge in [-0.3, -0.25) is 4.79 Å². The number of nitrogens with one attached hydrogen (secondary N) is 1. The molecule has 0 aromatic heterocycles.